The standard InChI is InChI=1S/C7H9NO/c1-6-3-2-4-7(5-9)8-6/h2,4-6H,3H2,1H3. The number of carbonyl (C=O) groups is 1. The van der Waals surface area contributed by atoms with Gasteiger partial charge in [-0.1, -0.05) is 6.08 Å². The minimum Gasteiger partial charge on any atom is -0.296 e. The first-order valence-corrected chi connectivity index (χ1v) is 3.02. The topological polar surface area (TPSA) is 29.4 Å². The van der Waals surface area contributed by atoms with E-state index in [4.69, 9.17) is 0 Å². The van der Waals surface area contributed by atoms with Crippen molar-refractivity contribution < 1.29 is 4.79 Å². The summed E-state index contributed by atoms with van der Waals surface area (Å²) in [5.74, 6) is 0. The Hall–Kier alpha value is -0.920. The Kier molecular flexibility index (Phi) is 1.78. The maximum absolute atomic E-state index is 10.1. The van der Waals surface area contributed by atoms with Crippen molar-refractivity contribution >= 4 is 12.0 Å². The van der Waals surface area contributed by atoms with Crippen LogP contribution >= 0.6 is 0 Å². The van der Waals surface area contributed by atoms with Crippen LogP contribution in [0.5, 0.6) is 0 Å². The summed E-state index contributed by atoms with van der Waals surface area (Å²) < 4.78 is 0. The predicted molar refractivity (Wildman–Crippen MR) is 36.7 cm³/mol. The summed E-state index contributed by atoms with van der Waals surface area (Å²) in [4.78, 5) is 14.2. The zero-order valence-corrected chi connectivity index (χ0v) is 5.37. The molecule has 0 aromatic carbocycles. The van der Waals surface area contributed by atoms with Gasteiger partial charge in [0.25, 0.3) is 0 Å². The molecule has 1 unspecified atom stereocenters. The summed E-state index contributed by atoms with van der Waals surface area (Å²) in [6.07, 6.45) is 5.47. The molecule has 0 aliphatic carbocycles. The first-order chi connectivity index (χ1) is 4.33. The van der Waals surface area contributed by atoms with Gasteiger partial charge >= 0.3 is 0 Å². The number of dihydropyridines is 1. The van der Waals surface area contributed by atoms with Gasteiger partial charge in [-0.15, -0.1) is 0 Å². The minimum atomic E-state index is 0.287. The third-order valence-corrected chi connectivity index (χ3v) is 1.26. The second-order valence-corrected chi connectivity index (χ2v) is 2.16. The van der Waals surface area contributed by atoms with Crippen molar-refractivity contribution in [2.75, 3.05) is 0 Å². The van der Waals surface area contributed by atoms with Gasteiger partial charge in [-0.25, -0.2) is 0 Å². The molecule has 0 saturated carbocycles. The van der Waals surface area contributed by atoms with Crippen molar-refractivity contribution in [2.45, 2.75) is 19.4 Å². The fourth-order valence-corrected chi connectivity index (χ4v) is 0.806. The first kappa shape index (κ1) is 6.20. The molecule has 2 heteroatoms. The molecule has 9 heavy (non-hydrogen) atoms. The molecule has 0 radical (unpaired) electrons. The molecule has 1 aliphatic heterocycles. The highest BCUT2D eigenvalue weighted by atomic mass is 16.1. The lowest BCUT2D eigenvalue weighted by Crippen LogP contribution is -2.07. The van der Waals surface area contributed by atoms with Crippen molar-refractivity contribution in [2.24, 2.45) is 4.99 Å². The molecule has 2 nitrogen and oxygen atoms in total. The molecule has 0 saturated heterocycles. The summed E-state index contributed by atoms with van der Waals surface area (Å²) in [5.41, 5.74) is 0.564. The second-order valence-electron chi connectivity index (χ2n) is 2.16. The molecular formula is C7H9NO. The lowest BCUT2D eigenvalue weighted by Gasteiger charge is -2.06. The largest absolute Gasteiger partial charge is 0.296 e. The number of rotatable bonds is 1. The molecule has 1 heterocycles. The van der Waals surface area contributed by atoms with Crippen molar-refractivity contribution in [3.05, 3.63) is 12.2 Å². The van der Waals surface area contributed by atoms with Crippen LogP contribution in [-0.2, 0) is 4.79 Å². The molecule has 0 fully saturated rings. The molecule has 0 spiro atoms. The van der Waals surface area contributed by atoms with Crippen LogP contribution in [0.4, 0.5) is 0 Å². The fraction of sp³-hybridized carbons (Fsp3) is 0.429. The van der Waals surface area contributed by atoms with Crippen molar-refractivity contribution in [1.29, 1.82) is 0 Å². The summed E-state index contributed by atoms with van der Waals surface area (Å²) >= 11 is 0. The number of hydrogen-bond donors (Lipinski definition) is 0. The minimum absolute atomic E-state index is 0.287. The molecule has 1 atom stereocenters. The Morgan fingerprint density at radius 3 is 3.11 bits per heavy atom. The number of allylic oxidation sites excluding steroid dienone is 1. The van der Waals surface area contributed by atoms with Crippen LogP contribution in [0.2, 0.25) is 0 Å². The van der Waals surface area contributed by atoms with Crippen LogP contribution in [0.3, 0.4) is 0 Å². The van der Waals surface area contributed by atoms with Gasteiger partial charge in [0, 0.05) is 0 Å². The highest BCUT2D eigenvalue weighted by Gasteiger charge is 2.02. The van der Waals surface area contributed by atoms with Gasteiger partial charge in [0.05, 0.1) is 11.8 Å². The van der Waals surface area contributed by atoms with Crippen LogP contribution in [0.25, 0.3) is 0 Å². The summed E-state index contributed by atoms with van der Waals surface area (Å²) in [6.45, 7) is 1.99. The van der Waals surface area contributed by atoms with Gasteiger partial charge in [-0.05, 0) is 19.4 Å². The first-order valence-electron chi connectivity index (χ1n) is 3.02. The average molecular weight is 123 g/mol. The number of hydrogen-bond acceptors (Lipinski definition) is 2. The molecular weight excluding hydrogens is 114 g/mol. The Balaban J connectivity index is 2.70. The maximum Gasteiger partial charge on any atom is 0.167 e. The van der Waals surface area contributed by atoms with Crippen molar-refractivity contribution in [3.8, 4) is 0 Å². The normalized spacial score (nSPS) is 25.4. The molecule has 48 valence electrons. The van der Waals surface area contributed by atoms with E-state index in [1.165, 1.54) is 0 Å². The summed E-state index contributed by atoms with van der Waals surface area (Å²) in [5, 5.41) is 0. The van der Waals surface area contributed by atoms with E-state index < -0.39 is 0 Å². The van der Waals surface area contributed by atoms with E-state index in [0.717, 1.165) is 12.7 Å². The molecule has 1 aliphatic rings. The Morgan fingerprint density at radius 2 is 2.67 bits per heavy atom. The van der Waals surface area contributed by atoms with Gasteiger partial charge in [0.15, 0.2) is 6.29 Å². The number of nitrogens with zero attached hydrogens (tertiary/aromatic N) is 1. The van der Waals surface area contributed by atoms with E-state index >= 15 is 0 Å². The third-order valence-electron chi connectivity index (χ3n) is 1.26. The van der Waals surface area contributed by atoms with Crippen molar-refractivity contribution in [3.63, 3.8) is 0 Å². The van der Waals surface area contributed by atoms with Crippen LogP contribution in [0.1, 0.15) is 13.3 Å². The average Bonchev–Trinajstić information content (AvgIpc) is 1.88. The summed E-state index contributed by atoms with van der Waals surface area (Å²) in [7, 11) is 0. The zero-order chi connectivity index (χ0) is 6.69. The lowest BCUT2D eigenvalue weighted by atomic mass is 10.1. The van der Waals surface area contributed by atoms with E-state index in [1.807, 2.05) is 13.0 Å². The van der Waals surface area contributed by atoms with E-state index in [0.29, 0.717) is 5.71 Å². The molecule has 0 N–H and O–H groups in total. The number of carbonyl (C=O) groups excluding carboxylic acids is 1. The van der Waals surface area contributed by atoms with Gasteiger partial charge in [-0.2, -0.15) is 0 Å². The van der Waals surface area contributed by atoms with Gasteiger partial charge in [0.1, 0.15) is 0 Å². The molecule has 0 bridgehead atoms. The molecule has 1 rings (SSSR count). The van der Waals surface area contributed by atoms with Crippen LogP contribution in [-0.4, -0.2) is 18.0 Å². The lowest BCUT2D eigenvalue weighted by molar-refractivity contribution is -0.102. The quantitative estimate of drug-likeness (QED) is 0.478. The van der Waals surface area contributed by atoms with Crippen LogP contribution in [0.15, 0.2) is 17.1 Å². The monoisotopic (exact) mass is 123 g/mol. The van der Waals surface area contributed by atoms with Gasteiger partial charge < -0.3 is 0 Å². The van der Waals surface area contributed by atoms with Gasteiger partial charge in [-0.3, -0.25) is 9.79 Å². The number of aldehydes is 1. The van der Waals surface area contributed by atoms with Gasteiger partial charge in [0.2, 0.25) is 0 Å². The second kappa shape index (κ2) is 2.58. The molecule has 0 aromatic heterocycles. The Morgan fingerprint density at radius 1 is 1.89 bits per heavy atom. The van der Waals surface area contributed by atoms with E-state index in [1.54, 1.807) is 6.08 Å². The third kappa shape index (κ3) is 1.49. The molecule has 0 aromatic rings. The maximum atomic E-state index is 10.1. The Bertz CT molecular complexity index is 170. The van der Waals surface area contributed by atoms with Crippen molar-refractivity contribution in [1.82, 2.24) is 0 Å². The smallest absolute Gasteiger partial charge is 0.167 e. The SMILES string of the molecule is CC1CC=CC(C=O)=N1. The zero-order valence-electron chi connectivity index (χ0n) is 5.37. The van der Waals surface area contributed by atoms with E-state index in [-0.39, 0.29) is 6.04 Å². The number of aliphatic imine (C=N–C) groups is 1. The molecule has 0 amide bonds. The summed E-state index contributed by atoms with van der Waals surface area (Å²) in [6, 6.07) is 0.287. The highest BCUT2D eigenvalue weighted by Crippen LogP contribution is 2.03. The van der Waals surface area contributed by atoms with E-state index in [2.05, 4.69) is 4.99 Å². The Labute approximate surface area is 54.3 Å². The van der Waals surface area contributed by atoms with Crippen LogP contribution < -0.4 is 0 Å². The van der Waals surface area contributed by atoms with E-state index in [9.17, 15) is 4.79 Å². The fourth-order valence-electron chi connectivity index (χ4n) is 0.806. The predicted octanol–water partition coefficient (Wildman–Crippen LogP) is 0.975. The highest BCUT2D eigenvalue weighted by molar-refractivity contribution is 6.33. The van der Waals surface area contributed by atoms with Crippen LogP contribution in [0, 0.1) is 0 Å².